The molecule has 2 radical (unpaired) electrons. The number of alkyl halides is 2. The molecule has 1 rings (SSSR count). The monoisotopic (exact) mass is 246 g/mol. The third-order valence-corrected chi connectivity index (χ3v) is 2.32. The normalized spacial score (nSPS) is 12.3. The van der Waals surface area contributed by atoms with Gasteiger partial charge in [0.25, 0.3) is 0 Å². The van der Waals surface area contributed by atoms with Crippen LogP contribution in [-0.2, 0) is 0 Å². The predicted molar refractivity (Wildman–Crippen MR) is 61.5 cm³/mol. The van der Waals surface area contributed by atoms with Gasteiger partial charge in [-0.25, -0.2) is 4.68 Å². The molecule has 1 heterocycles. The summed E-state index contributed by atoms with van der Waals surface area (Å²) in [5, 5.41) is 21.5. The highest BCUT2D eigenvalue weighted by atomic mass is 19.3. The largest absolute Gasteiger partial charge is 0.387 e. The molecule has 0 bridgehead atoms. The highest BCUT2D eigenvalue weighted by molar-refractivity contribution is 6.31. The summed E-state index contributed by atoms with van der Waals surface area (Å²) in [6, 6.07) is 0. The van der Waals surface area contributed by atoms with E-state index < -0.39 is 17.8 Å². The fraction of sp³-hybridized carbons (Fsp3) is 0.700. The molecule has 0 amide bonds. The van der Waals surface area contributed by atoms with E-state index in [0.29, 0.717) is 4.68 Å². The van der Waals surface area contributed by atoms with E-state index in [2.05, 4.69) is 5.10 Å². The molecule has 0 aliphatic rings. The van der Waals surface area contributed by atoms with Crippen molar-refractivity contribution in [1.29, 1.82) is 0 Å². The summed E-state index contributed by atoms with van der Waals surface area (Å²) in [5.41, 5.74) is -1.77. The second-order valence-corrected chi connectivity index (χ2v) is 4.65. The van der Waals surface area contributed by atoms with Crippen molar-refractivity contribution >= 4 is 13.3 Å². The van der Waals surface area contributed by atoms with E-state index in [1.807, 2.05) is 0 Å². The third kappa shape index (κ3) is 5.79. The van der Waals surface area contributed by atoms with Gasteiger partial charge < -0.3 is 10.2 Å². The first-order valence-corrected chi connectivity index (χ1v) is 4.97. The molecule has 0 saturated heterocycles. The first-order chi connectivity index (χ1) is 7.45. The minimum absolute atomic E-state index is 0.246. The van der Waals surface area contributed by atoms with Crippen LogP contribution in [0.3, 0.4) is 0 Å². The number of hydrogen-bond donors (Lipinski definition) is 2. The van der Waals surface area contributed by atoms with Crippen LogP contribution < -0.4 is 5.46 Å². The standard InChI is InChI=1S/C6H14O2.C4H3BF2N2/c1-5(2,7)6(3,4)8;5-3-1-8-9(2-3)4(6)7/h7-8H,1-4H3;1-2,4H. The van der Waals surface area contributed by atoms with E-state index in [4.69, 9.17) is 18.1 Å². The summed E-state index contributed by atoms with van der Waals surface area (Å²) in [7, 11) is 5.10. The van der Waals surface area contributed by atoms with Gasteiger partial charge in [-0.1, -0.05) is 5.46 Å². The molecule has 0 unspecified atom stereocenters. The molecule has 7 heteroatoms. The molecule has 0 aliphatic carbocycles. The van der Waals surface area contributed by atoms with Crippen molar-refractivity contribution in [2.24, 2.45) is 0 Å². The Labute approximate surface area is 101 Å². The lowest BCUT2D eigenvalue weighted by Gasteiger charge is -2.31. The molecule has 2 N–H and O–H groups in total. The number of aromatic nitrogens is 2. The summed E-state index contributed by atoms with van der Waals surface area (Å²) >= 11 is 0. The predicted octanol–water partition coefficient (Wildman–Crippen LogP) is 0.600. The van der Waals surface area contributed by atoms with Crippen LogP contribution in [0.15, 0.2) is 12.4 Å². The Kier molecular flexibility index (Phi) is 5.28. The Morgan fingerprint density at radius 2 is 1.65 bits per heavy atom. The fourth-order valence-corrected chi connectivity index (χ4v) is 0.459. The van der Waals surface area contributed by atoms with Crippen molar-refractivity contribution in [1.82, 2.24) is 9.78 Å². The second kappa shape index (κ2) is 5.60. The van der Waals surface area contributed by atoms with E-state index in [0.717, 1.165) is 6.20 Å². The highest BCUT2D eigenvalue weighted by Gasteiger charge is 2.31. The zero-order chi connectivity index (χ0) is 13.9. The van der Waals surface area contributed by atoms with E-state index >= 15 is 0 Å². The van der Waals surface area contributed by atoms with E-state index in [1.165, 1.54) is 6.20 Å². The van der Waals surface area contributed by atoms with Crippen LogP contribution in [0.1, 0.15) is 34.2 Å². The maximum Gasteiger partial charge on any atom is 0.333 e. The van der Waals surface area contributed by atoms with Crippen LogP contribution in [0.5, 0.6) is 0 Å². The molecule has 0 aromatic carbocycles. The number of nitrogens with zero attached hydrogens (tertiary/aromatic N) is 2. The average molecular weight is 246 g/mol. The van der Waals surface area contributed by atoms with Gasteiger partial charge in [0.1, 0.15) is 7.85 Å². The van der Waals surface area contributed by atoms with Crippen molar-refractivity contribution < 1.29 is 19.0 Å². The van der Waals surface area contributed by atoms with Gasteiger partial charge in [0.05, 0.1) is 11.2 Å². The minimum Gasteiger partial charge on any atom is -0.387 e. The van der Waals surface area contributed by atoms with E-state index in [1.54, 1.807) is 27.7 Å². The summed E-state index contributed by atoms with van der Waals surface area (Å²) in [5.74, 6) is 0. The summed E-state index contributed by atoms with van der Waals surface area (Å²) in [4.78, 5) is 0. The number of rotatable bonds is 2. The molecule has 17 heavy (non-hydrogen) atoms. The van der Waals surface area contributed by atoms with Gasteiger partial charge >= 0.3 is 6.55 Å². The summed E-state index contributed by atoms with van der Waals surface area (Å²) < 4.78 is 23.7. The Hall–Kier alpha value is -0.945. The average Bonchev–Trinajstić information content (AvgIpc) is 2.49. The second-order valence-electron chi connectivity index (χ2n) is 4.65. The Bertz CT molecular complexity index is 331. The topological polar surface area (TPSA) is 58.3 Å². The molecule has 0 saturated carbocycles. The van der Waals surface area contributed by atoms with Crippen molar-refractivity contribution in [3.63, 3.8) is 0 Å². The van der Waals surface area contributed by atoms with Crippen molar-refractivity contribution in [3.8, 4) is 0 Å². The van der Waals surface area contributed by atoms with Gasteiger partial charge in [-0.05, 0) is 27.7 Å². The molecule has 1 aromatic heterocycles. The zero-order valence-corrected chi connectivity index (χ0v) is 10.4. The number of halogens is 2. The molecule has 0 spiro atoms. The quantitative estimate of drug-likeness (QED) is 0.751. The smallest absolute Gasteiger partial charge is 0.333 e. The lowest BCUT2D eigenvalue weighted by molar-refractivity contribution is -0.107. The summed E-state index contributed by atoms with van der Waals surface area (Å²) in [6.07, 6.45) is 2.25. The van der Waals surface area contributed by atoms with Crippen molar-refractivity contribution in [2.75, 3.05) is 0 Å². The van der Waals surface area contributed by atoms with E-state index in [-0.39, 0.29) is 5.46 Å². The Balaban J connectivity index is 0.000000304. The van der Waals surface area contributed by atoms with Gasteiger partial charge in [-0.15, -0.1) is 0 Å². The molecular formula is C10H17BF2N2O2. The molecule has 0 atom stereocenters. The van der Waals surface area contributed by atoms with Gasteiger partial charge in [0, 0.05) is 12.4 Å². The molecule has 4 nitrogen and oxygen atoms in total. The molecule has 1 aromatic rings. The SMILES string of the molecule is CC(C)(O)C(C)(C)O.[B]c1cnn(C(F)F)c1. The first-order valence-electron chi connectivity index (χ1n) is 4.97. The maximum atomic E-state index is 11.6. The van der Waals surface area contributed by atoms with Crippen molar-refractivity contribution in [2.45, 2.75) is 45.4 Å². The van der Waals surface area contributed by atoms with Gasteiger partial charge in [0.2, 0.25) is 0 Å². The minimum atomic E-state index is -2.60. The summed E-state index contributed by atoms with van der Waals surface area (Å²) in [6.45, 7) is 3.71. The number of hydrogen-bond acceptors (Lipinski definition) is 3. The van der Waals surface area contributed by atoms with Crippen LogP contribution >= 0.6 is 0 Å². The molecular weight excluding hydrogens is 229 g/mol. The van der Waals surface area contributed by atoms with Crippen LogP contribution in [0, 0.1) is 0 Å². The fourth-order valence-electron chi connectivity index (χ4n) is 0.459. The molecule has 0 fully saturated rings. The van der Waals surface area contributed by atoms with Crippen LogP contribution in [0.25, 0.3) is 0 Å². The first kappa shape index (κ1) is 16.1. The Morgan fingerprint density at radius 1 is 1.24 bits per heavy atom. The lowest BCUT2D eigenvalue weighted by Crippen LogP contribution is -2.44. The van der Waals surface area contributed by atoms with Gasteiger partial charge in [0.15, 0.2) is 0 Å². The zero-order valence-electron chi connectivity index (χ0n) is 10.4. The Morgan fingerprint density at radius 3 is 1.76 bits per heavy atom. The van der Waals surface area contributed by atoms with Crippen LogP contribution in [-0.4, -0.2) is 39.0 Å². The number of aliphatic hydroxyl groups is 2. The van der Waals surface area contributed by atoms with E-state index in [9.17, 15) is 8.78 Å². The molecule has 96 valence electrons. The highest BCUT2D eigenvalue weighted by Crippen LogP contribution is 2.19. The van der Waals surface area contributed by atoms with Crippen LogP contribution in [0.2, 0.25) is 0 Å². The molecule has 0 aliphatic heterocycles. The lowest BCUT2D eigenvalue weighted by atomic mass is 9.90. The van der Waals surface area contributed by atoms with Crippen LogP contribution in [0.4, 0.5) is 8.78 Å². The van der Waals surface area contributed by atoms with Gasteiger partial charge in [-0.3, -0.25) is 0 Å². The maximum absolute atomic E-state index is 11.6. The van der Waals surface area contributed by atoms with Crippen molar-refractivity contribution in [3.05, 3.63) is 12.4 Å². The van der Waals surface area contributed by atoms with Gasteiger partial charge in [-0.2, -0.15) is 13.9 Å². The third-order valence-electron chi connectivity index (χ3n) is 2.32.